The van der Waals surface area contributed by atoms with Crippen LogP contribution in [-0.2, 0) is 19.4 Å². The highest BCUT2D eigenvalue weighted by atomic mass is 32.2. The third-order valence-corrected chi connectivity index (χ3v) is 6.92. The van der Waals surface area contributed by atoms with E-state index in [0.29, 0.717) is 11.8 Å². The van der Waals surface area contributed by atoms with Gasteiger partial charge in [0.1, 0.15) is 22.7 Å². The van der Waals surface area contributed by atoms with Crippen molar-refractivity contribution in [3.8, 4) is 0 Å². The zero-order chi connectivity index (χ0) is 20.6. The van der Waals surface area contributed by atoms with E-state index < -0.39 is 38.2 Å². The molecule has 3 rings (SSSR count). The van der Waals surface area contributed by atoms with E-state index in [9.17, 15) is 18.0 Å². The second-order valence-electron chi connectivity index (χ2n) is 7.84. The Bertz CT molecular complexity index is 967. The lowest BCUT2D eigenvalue weighted by Gasteiger charge is -2.22. The Morgan fingerprint density at radius 1 is 1.04 bits per heavy atom. The molecule has 1 amide bonds. The fourth-order valence-corrected chi connectivity index (χ4v) is 5.74. The molecule has 0 saturated heterocycles. The van der Waals surface area contributed by atoms with Gasteiger partial charge in [0, 0.05) is 5.92 Å². The molecule has 28 heavy (non-hydrogen) atoms. The van der Waals surface area contributed by atoms with Gasteiger partial charge in [0.25, 0.3) is 0 Å². The predicted molar refractivity (Wildman–Crippen MR) is 105 cm³/mol. The molecular formula is C21H23NO5S. The van der Waals surface area contributed by atoms with E-state index in [4.69, 9.17) is 4.74 Å². The normalized spacial score (nSPS) is 24.2. The Morgan fingerprint density at radius 3 is 2.07 bits per heavy atom. The fourth-order valence-electron chi connectivity index (χ4n) is 3.48. The zero-order valence-corrected chi connectivity index (χ0v) is 16.8. The molecule has 0 spiro atoms. The van der Waals surface area contributed by atoms with E-state index in [1.807, 2.05) is 0 Å². The maximum atomic E-state index is 13.3. The van der Waals surface area contributed by atoms with Gasteiger partial charge in [-0.1, -0.05) is 48.5 Å². The highest BCUT2D eigenvalue weighted by molar-refractivity contribution is 7.92. The van der Waals surface area contributed by atoms with Gasteiger partial charge in [-0.3, -0.25) is 0 Å². The summed E-state index contributed by atoms with van der Waals surface area (Å²) in [5, 5.41) is 1.42. The maximum Gasteiger partial charge on any atom is 0.408 e. The number of benzene rings is 2. The smallest absolute Gasteiger partial charge is 0.408 e. The Morgan fingerprint density at radius 2 is 1.57 bits per heavy atom. The number of hydrogen-bond donors (Lipinski definition) is 1. The van der Waals surface area contributed by atoms with Crippen LogP contribution in [0, 0.1) is 0 Å². The Hall–Kier alpha value is -2.67. The first kappa shape index (κ1) is 20.1. The summed E-state index contributed by atoms with van der Waals surface area (Å²) in [6, 6.07) is 16.8. The van der Waals surface area contributed by atoms with Crippen LogP contribution in [-0.4, -0.2) is 37.2 Å². The summed E-state index contributed by atoms with van der Waals surface area (Å²) >= 11 is 0. The van der Waals surface area contributed by atoms with Gasteiger partial charge < -0.3 is 14.8 Å². The molecule has 0 aromatic heterocycles. The first-order chi connectivity index (χ1) is 13.1. The van der Waals surface area contributed by atoms with E-state index >= 15 is 0 Å². The molecule has 0 radical (unpaired) electrons. The lowest BCUT2D eigenvalue weighted by Crippen LogP contribution is -2.45. The van der Waals surface area contributed by atoms with Crippen LogP contribution >= 0.6 is 0 Å². The van der Waals surface area contributed by atoms with Crippen molar-refractivity contribution in [1.82, 2.24) is 5.32 Å². The Kier molecular flexibility index (Phi) is 5.06. The summed E-state index contributed by atoms with van der Waals surface area (Å²) < 4.78 is 31.8. The number of alkyl carbamates (subject to hydrolysis) is 1. The summed E-state index contributed by atoms with van der Waals surface area (Å²) in [6.07, 6.45) is -0.314. The molecule has 7 heteroatoms. The third-order valence-electron chi connectivity index (χ3n) is 4.66. The standard InChI is InChI=1S/C21H23NO5S/c1-20(2,3)27-19(24)22-21(14-23)17(15-10-6-4-7-11-15)18(21)28(25,26)16-12-8-5-9-13-16/h4-14,17-18H,1-3H3,(H,22,24)/t17-,18-,21-/m1/s1. The van der Waals surface area contributed by atoms with Gasteiger partial charge in [0.2, 0.25) is 0 Å². The quantitative estimate of drug-likeness (QED) is 0.778. The first-order valence-electron chi connectivity index (χ1n) is 8.93. The molecular weight excluding hydrogens is 378 g/mol. The number of carbonyl (C=O) groups is 2. The average molecular weight is 401 g/mol. The minimum atomic E-state index is -3.87. The van der Waals surface area contributed by atoms with E-state index in [1.54, 1.807) is 69.3 Å². The molecule has 2 aromatic carbocycles. The van der Waals surface area contributed by atoms with Gasteiger partial charge in [-0.25, -0.2) is 13.2 Å². The second-order valence-corrected chi connectivity index (χ2v) is 9.91. The maximum absolute atomic E-state index is 13.3. The highest BCUT2D eigenvalue weighted by Crippen LogP contribution is 2.56. The first-order valence-corrected chi connectivity index (χ1v) is 10.5. The number of nitrogens with one attached hydrogen (secondary N) is 1. The largest absolute Gasteiger partial charge is 0.444 e. The molecule has 148 valence electrons. The van der Waals surface area contributed by atoms with Crippen molar-refractivity contribution in [2.45, 2.75) is 48.0 Å². The number of sulfone groups is 1. The van der Waals surface area contributed by atoms with E-state index in [2.05, 4.69) is 5.32 Å². The van der Waals surface area contributed by atoms with Crippen LogP contribution in [0.15, 0.2) is 65.6 Å². The minimum Gasteiger partial charge on any atom is -0.444 e. The number of hydrogen-bond acceptors (Lipinski definition) is 5. The topological polar surface area (TPSA) is 89.5 Å². The monoisotopic (exact) mass is 401 g/mol. The van der Waals surface area contributed by atoms with Crippen LogP contribution in [0.5, 0.6) is 0 Å². The van der Waals surface area contributed by atoms with Crippen LogP contribution in [0.2, 0.25) is 0 Å². The predicted octanol–water partition coefficient (Wildman–Crippen LogP) is 3.09. The molecule has 2 aromatic rings. The Labute approximate surface area is 164 Å². The molecule has 0 aliphatic heterocycles. The van der Waals surface area contributed by atoms with Crippen LogP contribution in [0.4, 0.5) is 4.79 Å². The summed E-state index contributed by atoms with van der Waals surface area (Å²) in [5.41, 5.74) is -1.70. The van der Waals surface area contributed by atoms with Gasteiger partial charge in [-0.15, -0.1) is 0 Å². The lowest BCUT2D eigenvalue weighted by atomic mass is 10.1. The molecule has 1 N–H and O–H groups in total. The van der Waals surface area contributed by atoms with E-state index in [0.717, 1.165) is 0 Å². The van der Waals surface area contributed by atoms with Crippen molar-refractivity contribution in [3.05, 3.63) is 66.2 Å². The number of ether oxygens (including phenoxy) is 1. The SMILES string of the molecule is CC(C)(C)OC(=O)N[C@]1(C=O)[C@H](c2ccccc2)[C@H]1S(=O)(=O)c1ccccc1. The van der Waals surface area contributed by atoms with Crippen LogP contribution in [0.3, 0.4) is 0 Å². The number of rotatable bonds is 5. The molecule has 0 bridgehead atoms. The van der Waals surface area contributed by atoms with Crippen molar-refractivity contribution < 1.29 is 22.7 Å². The van der Waals surface area contributed by atoms with Crippen molar-refractivity contribution in [3.63, 3.8) is 0 Å². The van der Waals surface area contributed by atoms with Crippen LogP contribution in [0.25, 0.3) is 0 Å². The summed E-state index contributed by atoms with van der Waals surface area (Å²) in [4.78, 5) is 24.6. The summed E-state index contributed by atoms with van der Waals surface area (Å²) in [5.74, 6) is -0.705. The minimum absolute atomic E-state index is 0.107. The van der Waals surface area contributed by atoms with Crippen molar-refractivity contribution in [1.29, 1.82) is 0 Å². The van der Waals surface area contributed by atoms with Crippen molar-refractivity contribution in [2.24, 2.45) is 0 Å². The highest BCUT2D eigenvalue weighted by Gasteiger charge is 2.73. The van der Waals surface area contributed by atoms with Gasteiger partial charge in [0.05, 0.1) is 4.90 Å². The number of aldehydes is 1. The number of carbonyl (C=O) groups excluding carboxylic acids is 2. The summed E-state index contributed by atoms with van der Waals surface area (Å²) in [7, 11) is -3.87. The second kappa shape index (κ2) is 7.05. The molecule has 1 aliphatic rings. The van der Waals surface area contributed by atoms with E-state index in [-0.39, 0.29) is 4.90 Å². The zero-order valence-electron chi connectivity index (χ0n) is 16.0. The lowest BCUT2D eigenvalue weighted by molar-refractivity contribution is -0.110. The third kappa shape index (κ3) is 3.67. The molecule has 3 atom stereocenters. The van der Waals surface area contributed by atoms with Crippen molar-refractivity contribution in [2.75, 3.05) is 0 Å². The fraction of sp³-hybridized carbons (Fsp3) is 0.333. The van der Waals surface area contributed by atoms with Gasteiger partial charge in [-0.05, 0) is 38.5 Å². The summed E-state index contributed by atoms with van der Waals surface area (Å²) in [6.45, 7) is 5.08. The molecule has 1 fully saturated rings. The van der Waals surface area contributed by atoms with E-state index in [1.165, 1.54) is 12.1 Å². The Balaban J connectivity index is 2.03. The van der Waals surface area contributed by atoms with Gasteiger partial charge >= 0.3 is 6.09 Å². The van der Waals surface area contributed by atoms with Crippen LogP contribution < -0.4 is 5.32 Å². The number of amides is 1. The molecule has 1 saturated carbocycles. The molecule has 1 aliphatic carbocycles. The van der Waals surface area contributed by atoms with Gasteiger partial charge in [0.15, 0.2) is 9.84 Å². The molecule has 0 unspecified atom stereocenters. The average Bonchev–Trinajstić information content (AvgIpc) is 3.31. The van der Waals surface area contributed by atoms with Crippen molar-refractivity contribution >= 4 is 22.2 Å². The molecule has 0 heterocycles. The van der Waals surface area contributed by atoms with Gasteiger partial charge in [-0.2, -0.15) is 0 Å². The van der Waals surface area contributed by atoms with Crippen LogP contribution in [0.1, 0.15) is 32.3 Å². The molecule has 6 nitrogen and oxygen atoms in total.